The molecule has 26 heavy (non-hydrogen) atoms. The van der Waals surface area contributed by atoms with Crippen LogP contribution < -0.4 is 21.6 Å². The first kappa shape index (κ1) is 18.2. The number of aromatic nitrogens is 2. The van der Waals surface area contributed by atoms with Crippen LogP contribution in [-0.4, -0.2) is 22.5 Å². The van der Waals surface area contributed by atoms with E-state index in [9.17, 15) is 0 Å². The fraction of sp³-hybridized carbons (Fsp3) is 0.429. The summed E-state index contributed by atoms with van der Waals surface area (Å²) in [6.45, 7) is 2.13. The summed E-state index contributed by atoms with van der Waals surface area (Å²) in [5.74, 6) is 0. The Morgan fingerprint density at radius 2 is 1.96 bits per heavy atom. The highest BCUT2D eigenvalue weighted by Crippen LogP contribution is 2.18. The predicted octanol–water partition coefficient (Wildman–Crippen LogP) is 2.26. The van der Waals surface area contributed by atoms with Crippen molar-refractivity contribution in [1.29, 1.82) is 5.41 Å². The summed E-state index contributed by atoms with van der Waals surface area (Å²) in [4.78, 5) is 0. The van der Waals surface area contributed by atoms with Crippen molar-refractivity contribution in [1.82, 2.24) is 15.5 Å². The second kappa shape index (κ2) is 8.70. The number of nitrogens with two attached hydrogens (primary N) is 1. The average Bonchev–Trinajstić information content (AvgIpc) is 3.05. The zero-order valence-corrected chi connectivity index (χ0v) is 15.5. The number of rotatable bonds is 6. The number of nitrogens with zero attached hydrogens (tertiary/aromatic N) is 1. The summed E-state index contributed by atoms with van der Waals surface area (Å²) in [5.41, 5.74) is 10.0. The Hall–Kier alpha value is -2.56. The highest BCUT2D eigenvalue weighted by Gasteiger charge is 2.14. The third-order valence-electron chi connectivity index (χ3n) is 5.15. The summed E-state index contributed by atoms with van der Waals surface area (Å²) < 4.78 is 0. The number of nitrogens with one attached hydrogen (secondary N) is 3. The van der Waals surface area contributed by atoms with Gasteiger partial charge in [0, 0.05) is 28.9 Å². The second-order valence-corrected chi connectivity index (χ2v) is 7.14. The van der Waals surface area contributed by atoms with Crippen molar-refractivity contribution in [2.24, 2.45) is 0 Å². The van der Waals surface area contributed by atoms with E-state index in [1.54, 1.807) is 6.08 Å². The van der Waals surface area contributed by atoms with Gasteiger partial charge >= 0.3 is 0 Å². The molecule has 0 bridgehead atoms. The number of anilines is 1. The molecular weight excluding hydrogens is 322 g/mol. The Bertz CT molecular complexity index is 842. The summed E-state index contributed by atoms with van der Waals surface area (Å²) in [5, 5.41) is 20.8. The molecule has 0 spiro atoms. The lowest BCUT2D eigenvalue weighted by Gasteiger charge is -2.24. The fourth-order valence-electron chi connectivity index (χ4n) is 3.77. The van der Waals surface area contributed by atoms with Gasteiger partial charge in [0.25, 0.3) is 0 Å². The number of hydrogen-bond acceptors (Lipinski definition) is 4. The first-order chi connectivity index (χ1) is 12.7. The maximum absolute atomic E-state index is 7.43. The molecule has 1 aromatic carbocycles. The number of aryl methyl sites for hydroxylation is 2. The number of nitrogen functional groups attached to an aromatic ring is 1. The number of aromatic amines is 1. The third kappa shape index (κ3) is 4.54. The Morgan fingerprint density at radius 1 is 1.23 bits per heavy atom. The molecule has 138 valence electrons. The molecule has 5 N–H and O–H groups in total. The summed E-state index contributed by atoms with van der Waals surface area (Å²) >= 11 is 0. The van der Waals surface area contributed by atoms with E-state index >= 15 is 0 Å². The van der Waals surface area contributed by atoms with Crippen molar-refractivity contribution in [3.8, 4) is 0 Å². The molecule has 1 aliphatic rings. The molecule has 1 fully saturated rings. The van der Waals surface area contributed by atoms with Gasteiger partial charge in [-0.2, -0.15) is 5.10 Å². The van der Waals surface area contributed by atoms with E-state index in [0.29, 0.717) is 6.04 Å². The molecule has 1 saturated carbocycles. The van der Waals surface area contributed by atoms with Crippen LogP contribution in [0.3, 0.4) is 0 Å². The molecule has 1 aliphatic carbocycles. The Morgan fingerprint density at radius 3 is 2.65 bits per heavy atom. The van der Waals surface area contributed by atoms with Gasteiger partial charge < -0.3 is 16.5 Å². The fourth-order valence-corrected chi connectivity index (χ4v) is 3.77. The zero-order valence-electron chi connectivity index (χ0n) is 15.5. The Kier molecular flexibility index (Phi) is 6.10. The lowest BCUT2D eigenvalue weighted by molar-refractivity contribution is 0.407. The second-order valence-electron chi connectivity index (χ2n) is 7.14. The monoisotopic (exact) mass is 351 g/mol. The number of hydrogen-bond donors (Lipinski definition) is 4. The molecule has 1 aromatic heterocycles. The first-order valence-corrected chi connectivity index (χ1v) is 9.53. The smallest absolute Gasteiger partial charge is 0.0721 e. The van der Waals surface area contributed by atoms with E-state index in [4.69, 9.17) is 11.1 Å². The highest BCUT2D eigenvalue weighted by molar-refractivity contribution is 5.88. The lowest BCUT2D eigenvalue weighted by atomic mass is 9.95. The minimum Gasteiger partial charge on any atom is -0.399 e. The van der Waals surface area contributed by atoms with Gasteiger partial charge in [0.05, 0.1) is 11.0 Å². The maximum atomic E-state index is 7.43. The SMILES string of the molecule is C/C(NC1CCCCC1)=c1/c(CCc2ccc(N)cc2)n[nH]/c1=C/C=N. The molecular formula is C21H29N5. The van der Waals surface area contributed by atoms with Crippen LogP contribution in [0.2, 0.25) is 0 Å². The van der Waals surface area contributed by atoms with E-state index in [2.05, 4.69) is 34.6 Å². The molecule has 5 heteroatoms. The van der Waals surface area contributed by atoms with Gasteiger partial charge in [-0.05, 0) is 56.4 Å². The normalized spacial score (nSPS) is 17.2. The minimum absolute atomic E-state index is 0.552. The van der Waals surface area contributed by atoms with Crippen molar-refractivity contribution in [3.63, 3.8) is 0 Å². The van der Waals surface area contributed by atoms with E-state index in [-0.39, 0.29) is 0 Å². The van der Waals surface area contributed by atoms with Gasteiger partial charge in [-0.1, -0.05) is 31.4 Å². The Labute approximate surface area is 154 Å². The van der Waals surface area contributed by atoms with E-state index < -0.39 is 0 Å². The van der Waals surface area contributed by atoms with Gasteiger partial charge in [-0.25, -0.2) is 0 Å². The van der Waals surface area contributed by atoms with E-state index in [0.717, 1.165) is 40.5 Å². The van der Waals surface area contributed by atoms with Gasteiger partial charge in [0.15, 0.2) is 0 Å². The molecule has 2 aromatic rings. The van der Waals surface area contributed by atoms with Gasteiger partial charge in [0.1, 0.15) is 0 Å². The standard InChI is InChI=1S/C21H29N5/c1-15(24-18-5-3-2-4-6-18)21-19(25-26-20(21)13-14-22)12-9-16-7-10-17(23)11-8-16/h7-8,10-11,13-14,18,22,24,26H,2-6,9,12,23H2,1H3/b20-13+,21-15+,22-14?. The topological polar surface area (TPSA) is 90.6 Å². The van der Waals surface area contributed by atoms with Crippen LogP contribution in [0.5, 0.6) is 0 Å². The predicted molar refractivity (Wildman–Crippen MR) is 108 cm³/mol. The lowest BCUT2D eigenvalue weighted by Crippen LogP contribution is -2.37. The molecule has 0 atom stereocenters. The van der Waals surface area contributed by atoms with Crippen molar-refractivity contribution in [3.05, 3.63) is 46.1 Å². The van der Waals surface area contributed by atoms with E-state index in [1.165, 1.54) is 43.9 Å². The van der Waals surface area contributed by atoms with Crippen LogP contribution in [0, 0.1) is 5.41 Å². The largest absolute Gasteiger partial charge is 0.399 e. The molecule has 0 amide bonds. The minimum atomic E-state index is 0.552. The van der Waals surface area contributed by atoms with Crippen LogP contribution in [0.15, 0.2) is 24.3 Å². The molecule has 1 heterocycles. The molecule has 3 rings (SSSR count). The van der Waals surface area contributed by atoms with Gasteiger partial charge in [-0.3, -0.25) is 5.10 Å². The summed E-state index contributed by atoms with van der Waals surface area (Å²) in [6, 6.07) is 8.58. The van der Waals surface area contributed by atoms with Gasteiger partial charge in [0.2, 0.25) is 0 Å². The van der Waals surface area contributed by atoms with E-state index in [1.807, 2.05) is 12.1 Å². The molecule has 0 unspecified atom stereocenters. The van der Waals surface area contributed by atoms with Crippen LogP contribution >= 0.6 is 0 Å². The zero-order chi connectivity index (χ0) is 18.4. The van der Waals surface area contributed by atoms with Crippen molar-refractivity contribution >= 4 is 23.7 Å². The van der Waals surface area contributed by atoms with Crippen LogP contribution in [0.1, 0.15) is 50.3 Å². The first-order valence-electron chi connectivity index (χ1n) is 9.53. The Balaban J connectivity index is 1.85. The van der Waals surface area contributed by atoms with Crippen molar-refractivity contribution in [2.45, 2.75) is 57.9 Å². The average molecular weight is 351 g/mol. The van der Waals surface area contributed by atoms with Crippen molar-refractivity contribution in [2.75, 3.05) is 5.73 Å². The molecule has 5 nitrogen and oxygen atoms in total. The number of H-pyrrole nitrogens is 1. The van der Waals surface area contributed by atoms with Crippen molar-refractivity contribution < 1.29 is 0 Å². The molecule has 0 aliphatic heterocycles. The summed E-state index contributed by atoms with van der Waals surface area (Å²) in [7, 11) is 0. The quantitative estimate of drug-likeness (QED) is 0.475. The third-order valence-corrected chi connectivity index (χ3v) is 5.15. The van der Waals surface area contributed by atoms with Crippen LogP contribution in [0.25, 0.3) is 11.8 Å². The summed E-state index contributed by atoms with van der Waals surface area (Å²) in [6.07, 6.45) is 11.3. The van der Waals surface area contributed by atoms with Gasteiger partial charge in [-0.15, -0.1) is 0 Å². The number of benzene rings is 1. The maximum Gasteiger partial charge on any atom is 0.0721 e. The highest BCUT2D eigenvalue weighted by atomic mass is 15.1. The molecule has 0 saturated heterocycles. The van der Waals surface area contributed by atoms with Crippen LogP contribution in [-0.2, 0) is 12.8 Å². The van der Waals surface area contributed by atoms with Crippen LogP contribution in [0.4, 0.5) is 5.69 Å². The molecule has 0 radical (unpaired) electrons.